The minimum absolute atomic E-state index is 0.155. The van der Waals surface area contributed by atoms with E-state index in [9.17, 15) is 4.79 Å². The van der Waals surface area contributed by atoms with Crippen LogP contribution in [-0.2, 0) is 9.53 Å². The lowest BCUT2D eigenvalue weighted by Gasteiger charge is -2.37. The number of rotatable bonds is 2. The number of ether oxygens (including phenoxy) is 1. The van der Waals surface area contributed by atoms with Gasteiger partial charge >= 0.3 is 0 Å². The molecule has 15 heavy (non-hydrogen) atoms. The van der Waals surface area contributed by atoms with E-state index in [0.717, 1.165) is 19.3 Å². The van der Waals surface area contributed by atoms with E-state index in [-0.39, 0.29) is 17.1 Å². The molecule has 1 saturated carbocycles. The van der Waals surface area contributed by atoms with E-state index in [1.54, 1.807) is 0 Å². The molecule has 0 spiro atoms. The molecule has 2 aliphatic rings. The molecular weight excluding hydrogens is 188 g/mol. The molecule has 0 N–H and O–H groups in total. The van der Waals surface area contributed by atoms with Crippen LogP contribution in [0.2, 0.25) is 0 Å². The zero-order chi connectivity index (χ0) is 10.9. The summed E-state index contributed by atoms with van der Waals surface area (Å²) in [7, 11) is 0. The van der Waals surface area contributed by atoms with Crippen molar-refractivity contribution in [2.75, 3.05) is 6.61 Å². The zero-order valence-corrected chi connectivity index (χ0v) is 9.71. The molecule has 2 nitrogen and oxygen atoms in total. The van der Waals surface area contributed by atoms with E-state index in [2.05, 4.69) is 13.8 Å². The van der Waals surface area contributed by atoms with Crippen molar-refractivity contribution in [1.82, 2.24) is 0 Å². The van der Waals surface area contributed by atoms with Crippen LogP contribution in [0.4, 0.5) is 0 Å². The fourth-order valence-corrected chi connectivity index (χ4v) is 2.74. The van der Waals surface area contributed by atoms with E-state index in [1.807, 2.05) is 6.08 Å². The molecule has 0 bridgehead atoms. The van der Waals surface area contributed by atoms with Crippen molar-refractivity contribution in [1.29, 1.82) is 0 Å². The number of hydrogen-bond donors (Lipinski definition) is 0. The van der Waals surface area contributed by atoms with Crippen molar-refractivity contribution in [3.63, 3.8) is 0 Å². The van der Waals surface area contributed by atoms with Crippen LogP contribution < -0.4 is 0 Å². The number of Topliss-reactive ketones (excluding diaryl/α,β-unsaturated/α-hetero) is 1. The second-order valence-corrected chi connectivity index (χ2v) is 5.36. The number of hydrogen-bond acceptors (Lipinski definition) is 2. The van der Waals surface area contributed by atoms with Crippen molar-refractivity contribution >= 4 is 5.78 Å². The van der Waals surface area contributed by atoms with E-state index >= 15 is 0 Å². The molecule has 1 heterocycles. The van der Waals surface area contributed by atoms with Gasteiger partial charge in [-0.1, -0.05) is 26.7 Å². The highest BCUT2D eigenvalue weighted by molar-refractivity contribution is 5.96. The van der Waals surface area contributed by atoms with Crippen LogP contribution in [0.1, 0.15) is 46.0 Å². The third-order valence-electron chi connectivity index (χ3n) is 3.77. The molecule has 1 aliphatic heterocycles. The Labute approximate surface area is 91.7 Å². The lowest BCUT2D eigenvalue weighted by molar-refractivity contribution is -0.127. The van der Waals surface area contributed by atoms with Gasteiger partial charge in [0.25, 0.3) is 0 Å². The quantitative estimate of drug-likeness (QED) is 0.697. The average Bonchev–Trinajstić information content (AvgIpc) is 2.69. The van der Waals surface area contributed by atoms with Gasteiger partial charge in [0.05, 0.1) is 6.61 Å². The number of allylic oxidation sites excluding steroid dienone is 1. The molecule has 1 fully saturated rings. The second kappa shape index (κ2) is 3.99. The topological polar surface area (TPSA) is 26.3 Å². The smallest absolute Gasteiger partial charge is 0.200 e. The molecule has 0 radical (unpaired) electrons. The summed E-state index contributed by atoms with van der Waals surface area (Å²) in [4.78, 5) is 12.2. The van der Waals surface area contributed by atoms with Gasteiger partial charge in [-0.3, -0.25) is 4.79 Å². The van der Waals surface area contributed by atoms with Crippen molar-refractivity contribution in [3.8, 4) is 0 Å². The van der Waals surface area contributed by atoms with E-state index in [4.69, 9.17) is 4.74 Å². The molecule has 1 atom stereocenters. The summed E-state index contributed by atoms with van der Waals surface area (Å²) in [6.45, 7) is 5.11. The van der Waals surface area contributed by atoms with Gasteiger partial charge in [0.2, 0.25) is 5.78 Å². The zero-order valence-electron chi connectivity index (χ0n) is 9.71. The SMILES string of the molecule is CC1(C)CCCCC1C(=O)C1=CCCO1. The van der Waals surface area contributed by atoms with Gasteiger partial charge in [-0.15, -0.1) is 0 Å². The monoisotopic (exact) mass is 208 g/mol. The van der Waals surface area contributed by atoms with Gasteiger partial charge in [0, 0.05) is 12.3 Å². The largest absolute Gasteiger partial charge is 0.490 e. The maximum absolute atomic E-state index is 12.2. The fourth-order valence-electron chi connectivity index (χ4n) is 2.74. The highest BCUT2D eigenvalue weighted by Gasteiger charge is 2.39. The van der Waals surface area contributed by atoms with Gasteiger partial charge < -0.3 is 4.74 Å². The molecule has 2 heteroatoms. The standard InChI is InChI=1S/C13H20O2/c1-13(2)8-4-3-6-10(13)12(14)11-7-5-9-15-11/h7,10H,3-6,8-9H2,1-2H3. The first-order chi connectivity index (χ1) is 7.11. The van der Waals surface area contributed by atoms with E-state index in [0.29, 0.717) is 12.4 Å². The van der Waals surface area contributed by atoms with Crippen LogP contribution in [0.5, 0.6) is 0 Å². The fraction of sp³-hybridized carbons (Fsp3) is 0.769. The number of carbonyl (C=O) groups is 1. The van der Waals surface area contributed by atoms with Crippen LogP contribution >= 0.6 is 0 Å². The summed E-state index contributed by atoms with van der Waals surface area (Å²) >= 11 is 0. The van der Waals surface area contributed by atoms with Crippen LogP contribution in [0.25, 0.3) is 0 Å². The third-order valence-corrected chi connectivity index (χ3v) is 3.77. The van der Waals surface area contributed by atoms with Gasteiger partial charge in [0.1, 0.15) is 0 Å². The van der Waals surface area contributed by atoms with E-state index in [1.165, 1.54) is 12.8 Å². The van der Waals surface area contributed by atoms with Crippen molar-refractivity contribution in [2.24, 2.45) is 11.3 Å². The lowest BCUT2D eigenvalue weighted by atomic mass is 9.67. The molecule has 0 aromatic carbocycles. The van der Waals surface area contributed by atoms with Crippen molar-refractivity contribution in [2.45, 2.75) is 46.0 Å². The molecule has 0 saturated heterocycles. The molecule has 1 aliphatic carbocycles. The maximum Gasteiger partial charge on any atom is 0.200 e. The van der Waals surface area contributed by atoms with Crippen molar-refractivity contribution in [3.05, 3.63) is 11.8 Å². The molecule has 0 aromatic rings. The Morgan fingerprint density at radius 2 is 2.27 bits per heavy atom. The molecule has 0 amide bonds. The van der Waals surface area contributed by atoms with Gasteiger partial charge in [0.15, 0.2) is 5.76 Å². The highest BCUT2D eigenvalue weighted by Crippen LogP contribution is 2.42. The summed E-state index contributed by atoms with van der Waals surface area (Å²) in [5.41, 5.74) is 0.155. The summed E-state index contributed by atoms with van der Waals surface area (Å²) < 4.78 is 5.37. The van der Waals surface area contributed by atoms with Crippen LogP contribution in [-0.4, -0.2) is 12.4 Å². The highest BCUT2D eigenvalue weighted by atomic mass is 16.5. The Morgan fingerprint density at radius 3 is 2.87 bits per heavy atom. The van der Waals surface area contributed by atoms with E-state index < -0.39 is 0 Å². The first kappa shape index (κ1) is 10.7. The number of ketones is 1. The van der Waals surface area contributed by atoms with Gasteiger partial charge in [-0.2, -0.15) is 0 Å². The predicted octanol–water partition coefficient (Wildman–Crippen LogP) is 3.08. The minimum Gasteiger partial charge on any atom is -0.490 e. The average molecular weight is 208 g/mol. The Hall–Kier alpha value is -0.790. The third kappa shape index (κ3) is 2.09. The Kier molecular flexibility index (Phi) is 2.85. The first-order valence-electron chi connectivity index (χ1n) is 5.98. The van der Waals surface area contributed by atoms with Crippen molar-refractivity contribution < 1.29 is 9.53 Å². The molecule has 1 unspecified atom stereocenters. The Bertz CT molecular complexity index is 289. The first-order valence-corrected chi connectivity index (χ1v) is 5.98. The van der Waals surface area contributed by atoms with Gasteiger partial charge in [-0.05, 0) is 24.3 Å². The molecule has 0 aromatic heterocycles. The Balaban J connectivity index is 2.11. The number of carbonyl (C=O) groups excluding carboxylic acids is 1. The summed E-state index contributed by atoms with van der Waals surface area (Å²) in [5, 5.41) is 0. The lowest BCUT2D eigenvalue weighted by Crippen LogP contribution is -2.34. The predicted molar refractivity (Wildman–Crippen MR) is 59.4 cm³/mol. The maximum atomic E-state index is 12.2. The summed E-state index contributed by atoms with van der Waals surface area (Å²) in [5.74, 6) is 1.06. The Morgan fingerprint density at radius 1 is 1.47 bits per heavy atom. The second-order valence-electron chi connectivity index (χ2n) is 5.36. The van der Waals surface area contributed by atoms with Crippen LogP contribution in [0, 0.1) is 11.3 Å². The summed E-state index contributed by atoms with van der Waals surface area (Å²) in [6, 6.07) is 0. The molecular formula is C13H20O2. The normalized spacial score (nSPS) is 29.5. The van der Waals surface area contributed by atoms with Crippen LogP contribution in [0.3, 0.4) is 0 Å². The summed E-state index contributed by atoms with van der Waals surface area (Å²) in [6.07, 6.45) is 7.49. The minimum atomic E-state index is 0.155. The molecule has 84 valence electrons. The van der Waals surface area contributed by atoms with Gasteiger partial charge in [-0.25, -0.2) is 0 Å². The van der Waals surface area contributed by atoms with Crippen LogP contribution in [0.15, 0.2) is 11.8 Å². The molecule has 2 rings (SSSR count).